The Labute approximate surface area is 161 Å². The second-order valence-corrected chi connectivity index (χ2v) is 8.48. The zero-order chi connectivity index (χ0) is 18.0. The third kappa shape index (κ3) is 4.20. The molecule has 0 spiro atoms. The van der Waals surface area contributed by atoms with Crippen molar-refractivity contribution >= 4 is 28.3 Å². The van der Waals surface area contributed by atoms with Crippen LogP contribution in [0.2, 0.25) is 0 Å². The third-order valence-corrected chi connectivity index (χ3v) is 6.70. The molecule has 1 N–H and O–H groups in total. The van der Waals surface area contributed by atoms with Crippen molar-refractivity contribution in [2.24, 2.45) is 0 Å². The molecule has 2 aliphatic heterocycles. The maximum Gasteiger partial charge on any atom is 0.254 e. The maximum absolute atomic E-state index is 13.0. The monoisotopic (exact) mass is 403 g/mol. The van der Waals surface area contributed by atoms with Crippen LogP contribution in [0, 0.1) is 6.92 Å². The molecule has 2 heterocycles. The van der Waals surface area contributed by atoms with E-state index in [1.165, 1.54) is 10.4 Å². The Morgan fingerprint density at radius 2 is 1.92 bits per heavy atom. The molecule has 1 aromatic rings. The van der Waals surface area contributed by atoms with E-state index in [9.17, 15) is 13.2 Å². The number of hydrogen-bond donors (Lipinski definition) is 1. The van der Waals surface area contributed by atoms with E-state index in [0.717, 1.165) is 18.7 Å². The summed E-state index contributed by atoms with van der Waals surface area (Å²) < 4.78 is 32.3. The molecular weight excluding hydrogens is 378 g/mol. The molecule has 26 heavy (non-hydrogen) atoms. The van der Waals surface area contributed by atoms with Crippen LogP contribution in [-0.2, 0) is 14.8 Å². The van der Waals surface area contributed by atoms with Crippen LogP contribution in [0.3, 0.4) is 0 Å². The number of rotatable bonds is 3. The van der Waals surface area contributed by atoms with Gasteiger partial charge in [0.05, 0.1) is 18.1 Å². The second-order valence-electron chi connectivity index (χ2n) is 6.54. The van der Waals surface area contributed by atoms with Crippen molar-refractivity contribution in [2.45, 2.75) is 24.8 Å². The van der Waals surface area contributed by atoms with Gasteiger partial charge in [0.2, 0.25) is 10.0 Å². The number of piperazine rings is 1. The zero-order valence-electron chi connectivity index (χ0n) is 15.1. The summed E-state index contributed by atoms with van der Waals surface area (Å²) in [6, 6.07) is 4.91. The number of amides is 1. The molecule has 0 aliphatic carbocycles. The largest absolute Gasteiger partial charge is 0.379 e. The van der Waals surface area contributed by atoms with Crippen molar-refractivity contribution < 1.29 is 17.9 Å². The summed E-state index contributed by atoms with van der Waals surface area (Å²) in [5.41, 5.74) is 1.25. The maximum atomic E-state index is 13.0. The molecule has 0 unspecified atom stereocenters. The van der Waals surface area contributed by atoms with Crippen molar-refractivity contribution in [3.63, 3.8) is 0 Å². The predicted molar refractivity (Wildman–Crippen MR) is 101 cm³/mol. The van der Waals surface area contributed by atoms with E-state index in [-0.39, 0.29) is 29.3 Å². The fourth-order valence-electron chi connectivity index (χ4n) is 3.23. The molecule has 0 aromatic heterocycles. The molecule has 1 amide bonds. The van der Waals surface area contributed by atoms with Gasteiger partial charge in [0.1, 0.15) is 0 Å². The van der Waals surface area contributed by atoms with Crippen LogP contribution in [0.4, 0.5) is 0 Å². The Hall–Kier alpha value is -1.19. The average Bonchev–Trinajstić information content (AvgIpc) is 2.62. The summed E-state index contributed by atoms with van der Waals surface area (Å²) in [7, 11) is -3.61. The van der Waals surface area contributed by atoms with Gasteiger partial charge in [-0.05, 0) is 31.5 Å². The van der Waals surface area contributed by atoms with Crippen molar-refractivity contribution in [3.8, 4) is 0 Å². The van der Waals surface area contributed by atoms with E-state index < -0.39 is 10.0 Å². The first kappa shape index (κ1) is 21.1. The van der Waals surface area contributed by atoms with Crippen LogP contribution >= 0.6 is 12.4 Å². The minimum absolute atomic E-state index is 0. The van der Waals surface area contributed by atoms with Crippen molar-refractivity contribution in [1.29, 1.82) is 0 Å². The van der Waals surface area contributed by atoms with Crippen molar-refractivity contribution in [3.05, 3.63) is 29.3 Å². The fourth-order valence-corrected chi connectivity index (χ4v) is 4.66. The Balaban J connectivity index is 0.00000243. The lowest BCUT2D eigenvalue weighted by atomic mass is 10.1. The van der Waals surface area contributed by atoms with Gasteiger partial charge >= 0.3 is 0 Å². The van der Waals surface area contributed by atoms with Crippen LogP contribution in [0.25, 0.3) is 0 Å². The number of aryl methyl sites for hydroxylation is 1. The van der Waals surface area contributed by atoms with Crippen LogP contribution in [0.15, 0.2) is 23.1 Å². The number of carbonyl (C=O) groups excluding carboxylic acids is 1. The molecule has 0 saturated carbocycles. The SMILES string of the molecule is Cc1ccc(S(=O)(=O)N2CCOCC2)cc1C(=O)N1CCNC[C@@H]1C.Cl. The van der Waals surface area contributed by atoms with Gasteiger partial charge in [0.15, 0.2) is 0 Å². The fraction of sp³-hybridized carbons (Fsp3) is 0.588. The minimum Gasteiger partial charge on any atom is -0.379 e. The van der Waals surface area contributed by atoms with E-state index in [4.69, 9.17) is 4.74 Å². The minimum atomic E-state index is -3.61. The van der Waals surface area contributed by atoms with Crippen LogP contribution in [0.1, 0.15) is 22.8 Å². The molecule has 1 aromatic carbocycles. The number of halogens is 1. The van der Waals surface area contributed by atoms with E-state index >= 15 is 0 Å². The Bertz CT molecular complexity index is 750. The standard InChI is InChI=1S/C17H25N3O4S.ClH/c1-13-3-4-15(25(22,23)19-7-9-24-10-8-19)11-16(13)17(21)20-6-5-18-12-14(20)2;/h3-4,11,14,18H,5-10,12H2,1-2H3;1H/t14-;/m0./s1. The van der Waals surface area contributed by atoms with E-state index in [1.54, 1.807) is 12.1 Å². The molecule has 9 heteroatoms. The van der Waals surface area contributed by atoms with Gasteiger partial charge in [0.25, 0.3) is 5.91 Å². The summed E-state index contributed by atoms with van der Waals surface area (Å²) in [5.74, 6) is -0.106. The lowest BCUT2D eigenvalue weighted by Gasteiger charge is -2.34. The number of nitrogens with zero attached hydrogens (tertiary/aromatic N) is 2. The summed E-state index contributed by atoms with van der Waals surface area (Å²) in [4.78, 5) is 14.9. The molecular formula is C17H26ClN3O4S. The van der Waals surface area contributed by atoms with E-state index in [1.807, 2.05) is 18.7 Å². The number of nitrogens with one attached hydrogen (secondary N) is 1. The Morgan fingerprint density at radius 1 is 1.23 bits per heavy atom. The molecule has 7 nitrogen and oxygen atoms in total. The van der Waals surface area contributed by atoms with Crippen molar-refractivity contribution in [1.82, 2.24) is 14.5 Å². The van der Waals surface area contributed by atoms with Gasteiger partial charge in [-0.3, -0.25) is 4.79 Å². The highest BCUT2D eigenvalue weighted by atomic mass is 35.5. The second kappa shape index (κ2) is 8.67. The molecule has 2 fully saturated rings. The van der Waals surface area contributed by atoms with Gasteiger partial charge in [-0.25, -0.2) is 8.42 Å². The average molecular weight is 404 g/mol. The normalized spacial score (nSPS) is 21.9. The van der Waals surface area contributed by atoms with Crippen LogP contribution in [-0.4, -0.2) is 75.5 Å². The molecule has 2 saturated heterocycles. The highest BCUT2D eigenvalue weighted by Gasteiger charge is 2.29. The van der Waals surface area contributed by atoms with Gasteiger partial charge < -0.3 is 15.0 Å². The van der Waals surface area contributed by atoms with Crippen LogP contribution in [0.5, 0.6) is 0 Å². The van der Waals surface area contributed by atoms with Gasteiger partial charge in [-0.2, -0.15) is 4.31 Å². The molecule has 0 radical (unpaired) electrons. The first-order valence-electron chi connectivity index (χ1n) is 8.61. The smallest absolute Gasteiger partial charge is 0.254 e. The number of carbonyl (C=O) groups is 1. The van der Waals surface area contributed by atoms with E-state index in [0.29, 0.717) is 38.4 Å². The number of sulfonamides is 1. The molecule has 2 aliphatic rings. The first-order chi connectivity index (χ1) is 11.9. The lowest BCUT2D eigenvalue weighted by molar-refractivity contribution is 0.0654. The molecule has 146 valence electrons. The molecule has 1 atom stereocenters. The summed E-state index contributed by atoms with van der Waals surface area (Å²) >= 11 is 0. The Morgan fingerprint density at radius 3 is 2.58 bits per heavy atom. The molecule has 0 bridgehead atoms. The number of hydrogen-bond acceptors (Lipinski definition) is 5. The summed E-state index contributed by atoms with van der Waals surface area (Å²) in [6.45, 7) is 7.43. The lowest BCUT2D eigenvalue weighted by Crippen LogP contribution is -2.52. The highest BCUT2D eigenvalue weighted by molar-refractivity contribution is 7.89. The van der Waals surface area contributed by atoms with Crippen molar-refractivity contribution in [2.75, 3.05) is 45.9 Å². The first-order valence-corrected chi connectivity index (χ1v) is 10.1. The summed E-state index contributed by atoms with van der Waals surface area (Å²) in [6.07, 6.45) is 0. The summed E-state index contributed by atoms with van der Waals surface area (Å²) in [5, 5.41) is 3.26. The number of benzene rings is 1. The highest BCUT2D eigenvalue weighted by Crippen LogP contribution is 2.22. The zero-order valence-corrected chi connectivity index (χ0v) is 16.7. The topological polar surface area (TPSA) is 79.0 Å². The number of morpholine rings is 1. The van der Waals surface area contributed by atoms with Gasteiger partial charge in [-0.15, -0.1) is 12.4 Å². The quantitative estimate of drug-likeness (QED) is 0.810. The van der Waals surface area contributed by atoms with E-state index in [2.05, 4.69) is 5.32 Å². The van der Waals surface area contributed by atoms with Crippen LogP contribution < -0.4 is 5.32 Å². The Kier molecular flexibility index (Phi) is 7.04. The van der Waals surface area contributed by atoms with Gasteiger partial charge in [0, 0.05) is 44.3 Å². The third-order valence-electron chi connectivity index (χ3n) is 4.81. The predicted octanol–water partition coefficient (Wildman–Crippen LogP) is 0.872. The molecule has 3 rings (SSSR count). The van der Waals surface area contributed by atoms with Gasteiger partial charge in [-0.1, -0.05) is 6.07 Å². The number of ether oxygens (including phenoxy) is 1.